The molecule has 13 nitrogen and oxygen atoms in total. The van der Waals surface area contributed by atoms with Gasteiger partial charge in [0.15, 0.2) is 0 Å². The van der Waals surface area contributed by atoms with Gasteiger partial charge in [-0.1, -0.05) is 45.7 Å². The lowest BCUT2D eigenvalue weighted by atomic mass is 10.0. The number of amides is 4. The number of carbonyl (C=O) groups is 6. The van der Waals surface area contributed by atoms with Crippen LogP contribution in [0.4, 0.5) is 10.5 Å². The summed E-state index contributed by atoms with van der Waals surface area (Å²) in [4.78, 5) is 64.8. The zero-order chi connectivity index (χ0) is 33.8. The number of nitrogens with zero attached hydrogens (tertiary/aromatic N) is 1. The summed E-state index contributed by atoms with van der Waals surface area (Å²) in [5, 5.41) is 8.36. The predicted octanol–water partition coefficient (Wildman–Crippen LogP) is 2.29. The zero-order valence-electron chi connectivity index (χ0n) is 26.8. The topological polar surface area (TPSA) is 203 Å². The third-order valence-corrected chi connectivity index (χ3v) is 5.91. The van der Waals surface area contributed by atoms with Gasteiger partial charge in [0, 0.05) is 37.9 Å². The SMILES string of the molecule is CCCCN.CNC(C(=O)NCC=O)C(C)C.CNc1ccc(COC(N)=O)cc1.O=CCCCCCN1C(=O)C=CC1=O. The van der Waals surface area contributed by atoms with Crippen LogP contribution in [0, 0.1) is 5.92 Å². The number of hydrogen-bond acceptors (Lipinski definition) is 10. The maximum absolute atomic E-state index is 11.2. The van der Waals surface area contributed by atoms with Crippen molar-refractivity contribution in [2.75, 3.05) is 39.0 Å². The Labute approximate surface area is 261 Å². The van der Waals surface area contributed by atoms with E-state index in [0.717, 1.165) is 43.3 Å². The van der Waals surface area contributed by atoms with Gasteiger partial charge in [-0.25, -0.2) is 4.79 Å². The lowest BCUT2D eigenvalue weighted by molar-refractivity contribution is -0.137. The molecule has 7 N–H and O–H groups in total. The number of nitrogens with two attached hydrogens (primary N) is 2. The molecule has 1 aliphatic heterocycles. The molecule has 0 radical (unpaired) electrons. The van der Waals surface area contributed by atoms with Crippen LogP contribution in [0.1, 0.15) is 64.9 Å². The van der Waals surface area contributed by atoms with E-state index in [1.54, 1.807) is 7.05 Å². The minimum Gasteiger partial charge on any atom is -0.445 e. The van der Waals surface area contributed by atoms with Crippen molar-refractivity contribution in [3.8, 4) is 0 Å². The molecule has 248 valence electrons. The first kappa shape index (κ1) is 42.0. The minimum atomic E-state index is -0.752. The predicted molar refractivity (Wildman–Crippen MR) is 171 cm³/mol. The van der Waals surface area contributed by atoms with Gasteiger partial charge < -0.3 is 41.7 Å². The van der Waals surface area contributed by atoms with Crippen LogP contribution in [-0.2, 0) is 35.3 Å². The van der Waals surface area contributed by atoms with E-state index in [1.165, 1.54) is 29.9 Å². The lowest BCUT2D eigenvalue weighted by Gasteiger charge is -2.18. The van der Waals surface area contributed by atoms with Crippen LogP contribution < -0.4 is 27.4 Å². The summed E-state index contributed by atoms with van der Waals surface area (Å²) < 4.78 is 4.62. The number of hydrogen-bond donors (Lipinski definition) is 5. The maximum Gasteiger partial charge on any atom is 0.404 e. The molecule has 0 bridgehead atoms. The molecule has 0 saturated carbocycles. The molecule has 1 unspecified atom stereocenters. The van der Waals surface area contributed by atoms with E-state index in [9.17, 15) is 28.8 Å². The van der Waals surface area contributed by atoms with Crippen LogP contribution in [0.15, 0.2) is 36.4 Å². The summed E-state index contributed by atoms with van der Waals surface area (Å²) >= 11 is 0. The fourth-order valence-corrected chi connectivity index (χ4v) is 3.47. The molecule has 0 aromatic heterocycles. The average Bonchev–Trinajstić information content (AvgIpc) is 3.33. The van der Waals surface area contributed by atoms with Gasteiger partial charge in [-0.05, 0) is 56.5 Å². The first-order chi connectivity index (χ1) is 21.0. The van der Waals surface area contributed by atoms with Gasteiger partial charge in [0.1, 0.15) is 19.2 Å². The van der Waals surface area contributed by atoms with Crippen molar-refractivity contribution in [2.24, 2.45) is 17.4 Å². The Morgan fingerprint density at radius 3 is 1.98 bits per heavy atom. The Morgan fingerprint density at radius 2 is 1.57 bits per heavy atom. The van der Waals surface area contributed by atoms with Crippen LogP contribution in [-0.4, -0.2) is 81.1 Å². The average molecular weight is 621 g/mol. The Bertz CT molecular complexity index is 980. The molecule has 1 aromatic carbocycles. The molecule has 44 heavy (non-hydrogen) atoms. The number of rotatable bonds is 16. The van der Waals surface area contributed by atoms with Gasteiger partial charge in [0.05, 0.1) is 12.6 Å². The van der Waals surface area contributed by atoms with Crippen LogP contribution in [0.5, 0.6) is 0 Å². The highest BCUT2D eigenvalue weighted by molar-refractivity contribution is 6.12. The Balaban J connectivity index is 0. The third-order valence-electron chi connectivity index (χ3n) is 5.91. The number of primary amides is 1. The van der Waals surface area contributed by atoms with Gasteiger partial charge in [-0.3, -0.25) is 19.3 Å². The molecular formula is C31H52N6O7. The number of unbranched alkanes of at least 4 members (excludes halogenated alkanes) is 4. The van der Waals surface area contributed by atoms with Crippen molar-refractivity contribution in [3.05, 3.63) is 42.0 Å². The van der Waals surface area contributed by atoms with E-state index in [-0.39, 0.29) is 42.8 Å². The summed E-state index contributed by atoms with van der Waals surface area (Å²) in [6.45, 7) is 7.64. The third kappa shape index (κ3) is 21.6. The maximum atomic E-state index is 11.2. The zero-order valence-corrected chi connectivity index (χ0v) is 26.8. The minimum absolute atomic E-state index is 0.0870. The van der Waals surface area contributed by atoms with Crippen molar-refractivity contribution < 1.29 is 33.5 Å². The monoisotopic (exact) mass is 620 g/mol. The van der Waals surface area contributed by atoms with Crippen molar-refractivity contribution in [1.82, 2.24) is 15.5 Å². The van der Waals surface area contributed by atoms with E-state index in [0.29, 0.717) is 19.3 Å². The second kappa shape index (κ2) is 27.7. The quantitative estimate of drug-likeness (QED) is 0.104. The molecule has 0 aliphatic carbocycles. The molecule has 1 heterocycles. The first-order valence-corrected chi connectivity index (χ1v) is 14.8. The van der Waals surface area contributed by atoms with Gasteiger partial charge >= 0.3 is 6.09 Å². The number of imide groups is 1. The van der Waals surface area contributed by atoms with Gasteiger partial charge in [-0.15, -0.1) is 0 Å². The van der Waals surface area contributed by atoms with E-state index >= 15 is 0 Å². The fourth-order valence-electron chi connectivity index (χ4n) is 3.47. The highest BCUT2D eigenvalue weighted by atomic mass is 16.5. The standard InChI is InChI=1S/C10H13NO3.C9H12N2O2.C8H16N2O2.C4H11N/c12-8-4-2-1-3-7-11-9(13)5-6-10(11)14;1-11-8-4-2-7(3-5-8)6-13-9(10)12;1-6(2)7(9-3)8(12)10-4-5-11;1-2-3-4-5/h5-6,8H,1-4,7H2;2-5,11H,6H2,1H3,(H2,10,12);5-7,9H,4H2,1-3H3,(H,10,12);2-5H2,1H3. The van der Waals surface area contributed by atoms with E-state index in [1.807, 2.05) is 45.2 Å². The molecule has 1 atom stereocenters. The number of nitrogens with one attached hydrogen (secondary N) is 3. The van der Waals surface area contributed by atoms with Crippen LogP contribution in [0.2, 0.25) is 0 Å². The number of anilines is 1. The molecule has 0 spiro atoms. The van der Waals surface area contributed by atoms with Crippen LogP contribution in [0.3, 0.4) is 0 Å². The molecule has 0 fully saturated rings. The number of benzene rings is 1. The molecule has 2 rings (SSSR count). The van der Waals surface area contributed by atoms with Crippen molar-refractivity contribution in [3.63, 3.8) is 0 Å². The van der Waals surface area contributed by atoms with Crippen LogP contribution in [0.25, 0.3) is 0 Å². The summed E-state index contributed by atoms with van der Waals surface area (Å²) in [5.41, 5.74) is 11.9. The molecular weight excluding hydrogens is 568 g/mol. The second-order valence-electron chi connectivity index (χ2n) is 9.80. The number of likely N-dealkylation sites (N-methyl/N-ethyl adjacent to an activating group) is 1. The summed E-state index contributed by atoms with van der Waals surface area (Å²) in [6.07, 6.45) is 8.78. The van der Waals surface area contributed by atoms with Gasteiger partial charge in [0.2, 0.25) is 5.91 Å². The normalized spacial score (nSPS) is 12.0. The Kier molecular flexibility index (Phi) is 26.5. The number of carbonyl (C=O) groups excluding carboxylic acids is 6. The number of ether oxygens (including phenoxy) is 1. The second-order valence-corrected chi connectivity index (χ2v) is 9.80. The number of aldehydes is 2. The molecule has 1 aliphatic rings. The van der Waals surface area contributed by atoms with Crippen molar-refractivity contribution in [1.29, 1.82) is 0 Å². The van der Waals surface area contributed by atoms with E-state index in [2.05, 4.69) is 27.6 Å². The van der Waals surface area contributed by atoms with Gasteiger partial charge in [0.25, 0.3) is 11.8 Å². The van der Waals surface area contributed by atoms with E-state index < -0.39 is 6.09 Å². The van der Waals surface area contributed by atoms with Gasteiger partial charge in [-0.2, -0.15) is 0 Å². The first-order valence-electron chi connectivity index (χ1n) is 14.8. The Hall–Kier alpha value is -4.10. The summed E-state index contributed by atoms with van der Waals surface area (Å²) in [5.74, 6) is -0.364. The fraction of sp³-hybridized carbons (Fsp3) is 0.548. The summed E-state index contributed by atoms with van der Waals surface area (Å²) in [6, 6.07) is 7.33. The highest BCUT2D eigenvalue weighted by Gasteiger charge is 2.22. The molecule has 1 aromatic rings. The summed E-state index contributed by atoms with van der Waals surface area (Å²) in [7, 11) is 3.57. The van der Waals surface area contributed by atoms with Crippen molar-refractivity contribution in [2.45, 2.75) is 71.9 Å². The lowest BCUT2D eigenvalue weighted by Crippen LogP contribution is -2.46. The van der Waals surface area contributed by atoms with Crippen LogP contribution >= 0.6 is 0 Å². The smallest absolute Gasteiger partial charge is 0.404 e. The highest BCUT2D eigenvalue weighted by Crippen LogP contribution is 2.09. The van der Waals surface area contributed by atoms with Crippen molar-refractivity contribution >= 4 is 42.1 Å². The van der Waals surface area contributed by atoms with E-state index in [4.69, 9.17) is 11.5 Å². The molecule has 4 amide bonds. The largest absolute Gasteiger partial charge is 0.445 e. The molecule has 0 saturated heterocycles. The Morgan fingerprint density at radius 1 is 0.955 bits per heavy atom. The molecule has 13 heteroatoms.